The normalized spacial score (nSPS) is 12.6. The lowest BCUT2D eigenvalue weighted by Gasteiger charge is -2.03. The first kappa shape index (κ1) is 12.2. The molecule has 2 aromatic rings. The molecule has 2 N–H and O–H groups in total. The van der Waals surface area contributed by atoms with Gasteiger partial charge < -0.3 is 10.5 Å². The van der Waals surface area contributed by atoms with Gasteiger partial charge in [0.25, 0.3) is 0 Å². The summed E-state index contributed by atoms with van der Waals surface area (Å²) in [5.41, 5.74) is 8.03. The standard InChI is InChI=1S/C13H16N2OS/c1-9(14)12-11(8-16-2)15-13(17-12)10-6-4-3-5-7-10/h3-7,9H,8,14H2,1-2H3. The van der Waals surface area contributed by atoms with Crippen LogP contribution in [0.1, 0.15) is 23.5 Å². The summed E-state index contributed by atoms with van der Waals surface area (Å²) in [4.78, 5) is 5.71. The average molecular weight is 248 g/mol. The molecule has 0 saturated heterocycles. The zero-order valence-electron chi connectivity index (χ0n) is 10.0. The Morgan fingerprint density at radius 3 is 2.65 bits per heavy atom. The van der Waals surface area contributed by atoms with E-state index in [4.69, 9.17) is 10.5 Å². The van der Waals surface area contributed by atoms with Crippen LogP contribution in [0.15, 0.2) is 30.3 Å². The fourth-order valence-corrected chi connectivity index (χ4v) is 2.69. The van der Waals surface area contributed by atoms with Crippen LogP contribution in [0.25, 0.3) is 10.6 Å². The van der Waals surface area contributed by atoms with Crippen molar-refractivity contribution in [1.82, 2.24) is 4.98 Å². The van der Waals surface area contributed by atoms with Crippen LogP contribution in [-0.2, 0) is 11.3 Å². The van der Waals surface area contributed by atoms with E-state index in [0.29, 0.717) is 6.61 Å². The van der Waals surface area contributed by atoms with E-state index in [2.05, 4.69) is 17.1 Å². The van der Waals surface area contributed by atoms with Crippen molar-refractivity contribution >= 4 is 11.3 Å². The maximum Gasteiger partial charge on any atom is 0.124 e. The molecule has 90 valence electrons. The summed E-state index contributed by atoms with van der Waals surface area (Å²) < 4.78 is 5.16. The van der Waals surface area contributed by atoms with Crippen LogP contribution in [0.3, 0.4) is 0 Å². The lowest BCUT2D eigenvalue weighted by molar-refractivity contribution is 0.181. The van der Waals surface area contributed by atoms with E-state index >= 15 is 0 Å². The predicted octanol–water partition coefficient (Wildman–Crippen LogP) is 2.98. The maximum absolute atomic E-state index is 5.95. The lowest BCUT2D eigenvalue weighted by Crippen LogP contribution is -2.06. The van der Waals surface area contributed by atoms with Crippen LogP contribution < -0.4 is 5.73 Å². The predicted molar refractivity (Wildman–Crippen MR) is 70.9 cm³/mol. The number of thiazole rings is 1. The van der Waals surface area contributed by atoms with Crippen molar-refractivity contribution in [1.29, 1.82) is 0 Å². The van der Waals surface area contributed by atoms with E-state index in [1.165, 1.54) is 0 Å². The van der Waals surface area contributed by atoms with Gasteiger partial charge in [-0.3, -0.25) is 0 Å². The van der Waals surface area contributed by atoms with Crippen molar-refractivity contribution in [3.8, 4) is 10.6 Å². The lowest BCUT2D eigenvalue weighted by atomic mass is 10.2. The number of nitrogens with zero attached hydrogens (tertiary/aromatic N) is 1. The molecule has 0 saturated carbocycles. The Hall–Kier alpha value is -1.23. The molecule has 0 aliphatic carbocycles. The van der Waals surface area contributed by atoms with Crippen LogP contribution in [0.5, 0.6) is 0 Å². The van der Waals surface area contributed by atoms with Gasteiger partial charge in [-0.2, -0.15) is 0 Å². The largest absolute Gasteiger partial charge is 0.378 e. The van der Waals surface area contributed by atoms with Crippen molar-refractivity contribution < 1.29 is 4.74 Å². The Bertz CT molecular complexity index is 479. The minimum atomic E-state index is -0.00453. The van der Waals surface area contributed by atoms with Crippen LogP contribution in [0.2, 0.25) is 0 Å². The van der Waals surface area contributed by atoms with Gasteiger partial charge in [0.1, 0.15) is 5.01 Å². The first-order chi connectivity index (χ1) is 8.22. The Morgan fingerprint density at radius 1 is 1.35 bits per heavy atom. The van der Waals surface area contributed by atoms with Gasteiger partial charge in [-0.05, 0) is 6.92 Å². The number of benzene rings is 1. The molecule has 0 fully saturated rings. The number of ether oxygens (including phenoxy) is 1. The zero-order valence-corrected chi connectivity index (χ0v) is 10.8. The Balaban J connectivity index is 2.40. The summed E-state index contributed by atoms with van der Waals surface area (Å²) in [6.45, 7) is 2.49. The molecule has 0 amide bonds. The number of rotatable bonds is 4. The third-order valence-corrected chi connectivity index (χ3v) is 3.79. The third-order valence-electron chi connectivity index (χ3n) is 2.44. The first-order valence-electron chi connectivity index (χ1n) is 5.52. The summed E-state index contributed by atoms with van der Waals surface area (Å²) in [5, 5.41) is 1.00. The number of hydrogen-bond donors (Lipinski definition) is 1. The Labute approximate surface area is 105 Å². The summed E-state index contributed by atoms with van der Waals surface area (Å²) in [6, 6.07) is 10.1. The molecule has 0 aliphatic heterocycles. The molecule has 3 nitrogen and oxygen atoms in total. The van der Waals surface area contributed by atoms with Crippen molar-refractivity contribution in [2.24, 2.45) is 5.73 Å². The van der Waals surface area contributed by atoms with Gasteiger partial charge in [-0.1, -0.05) is 30.3 Å². The van der Waals surface area contributed by atoms with E-state index in [-0.39, 0.29) is 6.04 Å². The van der Waals surface area contributed by atoms with E-state index in [9.17, 15) is 0 Å². The first-order valence-corrected chi connectivity index (χ1v) is 6.33. The molecule has 0 aliphatic rings. The van der Waals surface area contributed by atoms with Crippen LogP contribution in [0.4, 0.5) is 0 Å². The second-order valence-electron chi connectivity index (χ2n) is 3.92. The van der Waals surface area contributed by atoms with Gasteiger partial charge in [-0.15, -0.1) is 11.3 Å². The molecule has 1 aromatic carbocycles. The van der Waals surface area contributed by atoms with Gasteiger partial charge >= 0.3 is 0 Å². The summed E-state index contributed by atoms with van der Waals surface area (Å²) in [7, 11) is 1.67. The summed E-state index contributed by atoms with van der Waals surface area (Å²) in [5.74, 6) is 0. The SMILES string of the molecule is COCc1nc(-c2ccccc2)sc1C(C)N. The monoisotopic (exact) mass is 248 g/mol. The summed E-state index contributed by atoms with van der Waals surface area (Å²) in [6.07, 6.45) is 0. The summed E-state index contributed by atoms with van der Waals surface area (Å²) >= 11 is 1.64. The Morgan fingerprint density at radius 2 is 2.06 bits per heavy atom. The van der Waals surface area contributed by atoms with Gasteiger partial charge in [-0.25, -0.2) is 4.98 Å². The highest BCUT2D eigenvalue weighted by Gasteiger charge is 2.14. The van der Waals surface area contributed by atoms with E-state index in [0.717, 1.165) is 21.1 Å². The van der Waals surface area contributed by atoms with Gasteiger partial charge in [0.2, 0.25) is 0 Å². The average Bonchev–Trinajstić information content (AvgIpc) is 2.75. The highest BCUT2D eigenvalue weighted by molar-refractivity contribution is 7.15. The zero-order chi connectivity index (χ0) is 12.3. The minimum absolute atomic E-state index is 0.00453. The fraction of sp³-hybridized carbons (Fsp3) is 0.308. The van der Waals surface area contributed by atoms with Gasteiger partial charge in [0, 0.05) is 23.6 Å². The van der Waals surface area contributed by atoms with E-state index in [1.807, 2.05) is 25.1 Å². The quantitative estimate of drug-likeness (QED) is 0.905. The van der Waals surface area contributed by atoms with Gasteiger partial charge in [0.15, 0.2) is 0 Å². The number of hydrogen-bond acceptors (Lipinski definition) is 4. The number of methoxy groups -OCH3 is 1. The smallest absolute Gasteiger partial charge is 0.124 e. The molecular formula is C13H16N2OS. The second kappa shape index (κ2) is 5.40. The fourth-order valence-electron chi connectivity index (χ4n) is 1.66. The molecule has 4 heteroatoms. The molecule has 17 heavy (non-hydrogen) atoms. The van der Waals surface area contributed by atoms with Crippen LogP contribution in [-0.4, -0.2) is 12.1 Å². The molecule has 0 spiro atoms. The van der Waals surface area contributed by atoms with Crippen LogP contribution >= 0.6 is 11.3 Å². The van der Waals surface area contributed by atoms with Crippen molar-refractivity contribution in [2.75, 3.05) is 7.11 Å². The third kappa shape index (κ3) is 2.72. The highest BCUT2D eigenvalue weighted by atomic mass is 32.1. The molecule has 0 bridgehead atoms. The van der Waals surface area contributed by atoms with Gasteiger partial charge in [0.05, 0.1) is 12.3 Å². The topological polar surface area (TPSA) is 48.1 Å². The number of aromatic nitrogens is 1. The van der Waals surface area contributed by atoms with E-state index < -0.39 is 0 Å². The van der Waals surface area contributed by atoms with Crippen molar-refractivity contribution in [3.05, 3.63) is 40.9 Å². The Kier molecular flexibility index (Phi) is 3.89. The molecule has 2 rings (SSSR count). The second-order valence-corrected chi connectivity index (χ2v) is 4.95. The van der Waals surface area contributed by atoms with E-state index in [1.54, 1.807) is 18.4 Å². The molecular weight excluding hydrogens is 232 g/mol. The highest BCUT2D eigenvalue weighted by Crippen LogP contribution is 2.31. The molecule has 0 radical (unpaired) electrons. The van der Waals surface area contributed by atoms with Crippen LogP contribution in [0, 0.1) is 0 Å². The number of nitrogens with two attached hydrogens (primary N) is 1. The molecule has 1 heterocycles. The molecule has 1 atom stereocenters. The minimum Gasteiger partial charge on any atom is -0.378 e. The molecule has 1 aromatic heterocycles. The maximum atomic E-state index is 5.95. The van der Waals surface area contributed by atoms with Crippen molar-refractivity contribution in [3.63, 3.8) is 0 Å². The molecule has 1 unspecified atom stereocenters. The van der Waals surface area contributed by atoms with Crippen molar-refractivity contribution in [2.45, 2.75) is 19.6 Å².